The van der Waals surface area contributed by atoms with Crippen LogP contribution >= 0.6 is 0 Å². The summed E-state index contributed by atoms with van der Waals surface area (Å²) in [6, 6.07) is 13.1. The molecule has 0 amide bonds. The highest BCUT2D eigenvalue weighted by Crippen LogP contribution is 2.49. The third-order valence-corrected chi connectivity index (χ3v) is 13.0. The van der Waals surface area contributed by atoms with Gasteiger partial charge in [0.25, 0.3) is 0 Å². The zero-order valence-electron chi connectivity index (χ0n) is 41.4. The zero-order chi connectivity index (χ0) is 44.0. The molecule has 62 heavy (non-hydrogen) atoms. The van der Waals surface area contributed by atoms with Crippen LogP contribution in [0.25, 0.3) is 21.5 Å². The normalized spacial score (nSPS) is 11.5. The SMILES string of the molecule is CCCCCCCCCCCOc1cccc2c(OCCCCCCCCCCC)c3c(OCCCCCCCCCCC)cccc3c(OCCCCCCCCCCC)c12. The number of ether oxygens (including phenoxy) is 4. The molecule has 0 saturated carbocycles. The molecule has 354 valence electrons. The summed E-state index contributed by atoms with van der Waals surface area (Å²) in [5.41, 5.74) is 0. The minimum absolute atomic E-state index is 0.703. The Morgan fingerprint density at radius 1 is 0.258 bits per heavy atom. The Hall–Kier alpha value is -2.62. The Balaban J connectivity index is 1.82. The van der Waals surface area contributed by atoms with Crippen molar-refractivity contribution in [2.75, 3.05) is 26.4 Å². The molecule has 0 aliphatic heterocycles. The lowest BCUT2D eigenvalue weighted by molar-refractivity contribution is 0.293. The molecule has 3 rings (SSSR count). The van der Waals surface area contributed by atoms with Crippen LogP contribution in [-0.4, -0.2) is 26.4 Å². The van der Waals surface area contributed by atoms with Gasteiger partial charge < -0.3 is 18.9 Å². The molecule has 0 aromatic heterocycles. The Morgan fingerprint density at radius 3 is 0.742 bits per heavy atom. The second kappa shape index (κ2) is 37.7. The van der Waals surface area contributed by atoms with Gasteiger partial charge in [0.1, 0.15) is 23.0 Å². The maximum atomic E-state index is 6.96. The van der Waals surface area contributed by atoms with Crippen molar-refractivity contribution in [3.05, 3.63) is 36.4 Å². The molecule has 0 saturated heterocycles. The number of hydrogen-bond acceptors (Lipinski definition) is 4. The van der Waals surface area contributed by atoms with Crippen molar-refractivity contribution in [2.45, 2.75) is 259 Å². The van der Waals surface area contributed by atoms with E-state index in [2.05, 4.69) is 64.1 Å². The summed E-state index contributed by atoms with van der Waals surface area (Å²) in [6.07, 6.45) is 46.9. The maximum Gasteiger partial charge on any atom is 0.139 e. The van der Waals surface area contributed by atoms with E-state index in [1.807, 2.05) is 0 Å². The van der Waals surface area contributed by atoms with Crippen LogP contribution in [-0.2, 0) is 0 Å². The smallest absolute Gasteiger partial charge is 0.139 e. The van der Waals surface area contributed by atoms with E-state index in [-0.39, 0.29) is 0 Å². The molecule has 3 aromatic carbocycles. The molecular weight excluding hydrogens is 761 g/mol. The van der Waals surface area contributed by atoms with Crippen LogP contribution in [0.15, 0.2) is 36.4 Å². The molecule has 0 heterocycles. The fourth-order valence-electron chi connectivity index (χ4n) is 9.08. The maximum absolute atomic E-state index is 6.96. The van der Waals surface area contributed by atoms with Crippen molar-refractivity contribution >= 4 is 21.5 Å². The second-order valence-corrected chi connectivity index (χ2v) is 18.7. The number of hydrogen-bond donors (Lipinski definition) is 0. The van der Waals surface area contributed by atoms with Crippen LogP contribution in [0, 0.1) is 0 Å². The van der Waals surface area contributed by atoms with E-state index in [0.717, 1.165) is 83.4 Å². The summed E-state index contributed by atoms with van der Waals surface area (Å²) < 4.78 is 27.4. The van der Waals surface area contributed by atoms with Gasteiger partial charge in [-0.3, -0.25) is 0 Å². The summed E-state index contributed by atoms with van der Waals surface area (Å²) in [5, 5.41) is 4.29. The average Bonchev–Trinajstić information content (AvgIpc) is 3.29. The van der Waals surface area contributed by atoms with Gasteiger partial charge in [-0.2, -0.15) is 0 Å². The van der Waals surface area contributed by atoms with Crippen molar-refractivity contribution in [3.63, 3.8) is 0 Å². The van der Waals surface area contributed by atoms with Crippen LogP contribution in [0.4, 0.5) is 0 Å². The van der Waals surface area contributed by atoms with E-state index in [4.69, 9.17) is 18.9 Å². The molecule has 4 heteroatoms. The van der Waals surface area contributed by atoms with Crippen molar-refractivity contribution in [1.29, 1.82) is 0 Å². The predicted octanol–water partition coefficient (Wildman–Crippen LogP) is 19.6. The van der Waals surface area contributed by atoms with Crippen molar-refractivity contribution in [2.24, 2.45) is 0 Å². The molecule has 4 nitrogen and oxygen atoms in total. The van der Waals surface area contributed by atoms with Gasteiger partial charge in [0, 0.05) is 10.8 Å². The number of fused-ring (bicyclic) bond motifs is 2. The molecule has 0 aliphatic carbocycles. The quantitative estimate of drug-likeness (QED) is 0.0419. The Kier molecular flexibility index (Phi) is 32.7. The number of rotatable bonds is 44. The van der Waals surface area contributed by atoms with Gasteiger partial charge in [-0.1, -0.05) is 257 Å². The van der Waals surface area contributed by atoms with E-state index >= 15 is 0 Å². The predicted molar refractivity (Wildman–Crippen MR) is 272 cm³/mol. The lowest BCUT2D eigenvalue weighted by Crippen LogP contribution is -2.06. The Labute approximate surface area is 383 Å². The van der Waals surface area contributed by atoms with Gasteiger partial charge >= 0.3 is 0 Å². The molecule has 0 bridgehead atoms. The monoisotopic (exact) mass is 859 g/mol. The molecule has 0 fully saturated rings. The van der Waals surface area contributed by atoms with Crippen molar-refractivity contribution < 1.29 is 18.9 Å². The van der Waals surface area contributed by atoms with Crippen LogP contribution in [0.1, 0.15) is 259 Å². The third-order valence-electron chi connectivity index (χ3n) is 13.0. The van der Waals surface area contributed by atoms with Crippen LogP contribution < -0.4 is 18.9 Å². The highest BCUT2D eigenvalue weighted by Gasteiger charge is 2.23. The van der Waals surface area contributed by atoms with E-state index in [1.54, 1.807) is 0 Å². The zero-order valence-corrected chi connectivity index (χ0v) is 41.4. The molecule has 0 radical (unpaired) electrons. The minimum Gasteiger partial charge on any atom is -0.493 e. The fourth-order valence-corrected chi connectivity index (χ4v) is 9.08. The van der Waals surface area contributed by atoms with Crippen molar-refractivity contribution in [1.82, 2.24) is 0 Å². The van der Waals surface area contributed by atoms with Gasteiger partial charge in [-0.05, 0) is 37.8 Å². The van der Waals surface area contributed by atoms with E-state index < -0.39 is 0 Å². The van der Waals surface area contributed by atoms with E-state index in [0.29, 0.717) is 13.2 Å². The number of benzene rings is 3. The average molecular weight is 859 g/mol. The van der Waals surface area contributed by atoms with Gasteiger partial charge in [0.05, 0.1) is 37.2 Å². The topological polar surface area (TPSA) is 36.9 Å². The highest BCUT2D eigenvalue weighted by atomic mass is 16.5. The molecule has 3 aromatic rings. The Morgan fingerprint density at radius 2 is 0.484 bits per heavy atom. The van der Waals surface area contributed by atoms with Crippen LogP contribution in [0.2, 0.25) is 0 Å². The molecular formula is C58H98O4. The molecule has 0 atom stereocenters. The summed E-state index contributed by atoms with van der Waals surface area (Å²) >= 11 is 0. The van der Waals surface area contributed by atoms with Crippen molar-refractivity contribution in [3.8, 4) is 23.0 Å². The molecule has 0 spiro atoms. The van der Waals surface area contributed by atoms with Crippen LogP contribution in [0.5, 0.6) is 23.0 Å². The van der Waals surface area contributed by atoms with Gasteiger partial charge in [-0.25, -0.2) is 0 Å². The summed E-state index contributed by atoms with van der Waals surface area (Å²) in [5.74, 6) is 3.70. The Bertz CT molecular complexity index is 1370. The highest BCUT2D eigenvalue weighted by molar-refractivity contribution is 6.15. The first-order valence-corrected chi connectivity index (χ1v) is 27.3. The molecule has 0 N–H and O–H groups in total. The standard InChI is InChI=1S/C58H98O4/c1-5-9-13-17-21-25-29-33-37-47-59-53-45-41-43-51-55(53)57(61-49-39-35-31-27-23-19-15-11-7-3)52-44-42-46-54(60-48-38-34-30-26-22-18-14-10-6-2)56(52)58(51)62-50-40-36-32-28-24-20-16-12-8-4/h41-46H,5-40,47-50H2,1-4H3. The lowest BCUT2D eigenvalue weighted by Gasteiger charge is -2.22. The first-order chi connectivity index (χ1) is 30.8. The van der Waals surface area contributed by atoms with Gasteiger partial charge in [0.2, 0.25) is 0 Å². The van der Waals surface area contributed by atoms with Gasteiger partial charge in [0.15, 0.2) is 0 Å². The molecule has 0 unspecified atom stereocenters. The summed E-state index contributed by atoms with van der Waals surface area (Å²) in [7, 11) is 0. The van der Waals surface area contributed by atoms with Crippen LogP contribution in [0.3, 0.4) is 0 Å². The van der Waals surface area contributed by atoms with E-state index in [1.165, 1.54) is 205 Å². The number of unbranched alkanes of at least 4 members (excludes halogenated alkanes) is 32. The first-order valence-electron chi connectivity index (χ1n) is 27.3. The minimum atomic E-state index is 0.703. The fraction of sp³-hybridized carbons (Fsp3) is 0.759. The first kappa shape index (κ1) is 53.7. The van der Waals surface area contributed by atoms with Gasteiger partial charge in [-0.15, -0.1) is 0 Å². The summed E-state index contributed by atoms with van der Waals surface area (Å²) in [4.78, 5) is 0. The third kappa shape index (κ3) is 22.8. The lowest BCUT2D eigenvalue weighted by atomic mass is 9.98. The van der Waals surface area contributed by atoms with E-state index in [9.17, 15) is 0 Å². The molecule has 0 aliphatic rings. The largest absolute Gasteiger partial charge is 0.493 e. The second-order valence-electron chi connectivity index (χ2n) is 18.7. The summed E-state index contributed by atoms with van der Waals surface area (Å²) in [6.45, 7) is 12.0.